The Morgan fingerprint density at radius 2 is 1.96 bits per heavy atom. The first-order chi connectivity index (χ1) is 11.9. The Morgan fingerprint density at radius 3 is 2.75 bits per heavy atom. The normalized spacial score (nSPS) is 33.0. The Hall–Kier alpha value is -1.54. The second-order valence-electron chi connectivity index (χ2n) is 7.10. The summed E-state index contributed by atoms with van der Waals surface area (Å²) in [6, 6.07) is 8.54. The van der Waals surface area contributed by atoms with Gasteiger partial charge in [0.05, 0.1) is 6.04 Å². The van der Waals surface area contributed by atoms with Crippen LogP contribution in [0.1, 0.15) is 50.1 Å². The van der Waals surface area contributed by atoms with E-state index in [0.29, 0.717) is 19.2 Å². The van der Waals surface area contributed by atoms with Crippen molar-refractivity contribution in [3.05, 3.63) is 29.8 Å². The molecule has 1 aliphatic carbocycles. The van der Waals surface area contributed by atoms with Crippen LogP contribution < -0.4 is 15.4 Å². The Balaban J connectivity index is 1.74. The molecular weight excluding hydrogens is 300 g/mol. The second kappa shape index (κ2) is 6.76. The molecule has 2 N–H and O–H groups in total. The number of para-hydroxylation sites is 1. The van der Waals surface area contributed by atoms with Crippen LogP contribution in [0.2, 0.25) is 0 Å². The SMILES string of the molecule is C#CCOC1NCNC2c3ccccc3OC12C1CCCCCC1. The van der Waals surface area contributed by atoms with Crippen LogP contribution in [0.4, 0.5) is 0 Å². The van der Waals surface area contributed by atoms with Crippen LogP contribution >= 0.6 is 0 Å². The Labute approximate surface area is 144 Å². The number of fused-ring (bicyclic) bond motifs is 3. The summed E-state index contributed by atoms with van der Waals surface area (Å²) in [7, 11) is 0. The van der Waals surface area contributed by atoms with Crippen LogP contribution in [-0.2, 0) is 4.74 Å². The van der Waals surface area contributed by atoms with Crippen LogP contribution in [0.5, 0.6) is 5.75 Å². The van der Waals surface area contributed by atoms with E-state index in [-0.39, 0.29) is 12.3 Å². The summed E-state index contributed by atoms with van der Waals surface area (Å²) in [6.45, 7) is 1.00. The molecule has 128 valence electrons. The van der Waals surface area contributed by atoms with E-state index in [1.807, 2.05) is 6.07 Å². The first-order valence-electron chi connectivity index (χ1n) is 9.16. The van der Waals surface area contributed by atoms with Gasteiger partial charge in [-0.2, -0.15) is 0 Å². The number of hydrogen-bond donors (Lipinski definition) is 2. The molecule has 0 spiro atoms. The molecule has 24 heavy (non-hydrogen) atoms. The van der Waals surface area contributed by atoms with Gasteiger partial charge in [-0.1, -0.05) is 49.8 Å². The lowest BCUT2D eigenvalue weighted by atomic mass is 9.73. The van der Waals surface area contributed by atoms with Crippen molar-refractivity contribution < 1.29 is 9.47 Å². The molecule has 1 saturated carbocycles. The summed E-state index contributed by atoms with van der Waals surface area (Å²) in [5.41, 5.74) is 0.834. The molecule has 0 amide bonds. The zero-order valence-corrected chi connectivity index (χ0v) is 14.1. The van der Waals surface area contributed by atoms with Crippen LogP contribution in [0, 0.1) is 18.3 Å². The van der Waals surface area contributed by atoms with E-state index in [1.165, 1.54) is 44.1 Å². The summed E-state index contributed by atoms with van der Waals surface area (Å²) in [6.07, 6.45) is 12.8. The van der Waals surface area contributed by atoms with Crippen LogP contribution in [0.25, 0.3) is 0 Å². The van der Waals surface area contributed by atoms with Gasteiger partial charge < -0.3 is 9.47 Å². The molecule has 4 heteroatoms. The van der Waals surface area contributed by atoms with Crippen LogP contribution in [0.15, 0.2) is 24.3 Å². The van der Waals surface area contributed by atoms with E-state index in [0.717, 1.165) is 5.75 Å². The molecule has 1 aromatic rings. The predicted octanol–water partition coefficient (Wildman–Crippen LogP) is 2.96. The average Bonchev–Trinajstić information content (AvgIpc) is 2.77. The molecule has 1 saturated heterocycles. The van der Waals surface area contributed by atoms with Gasteiger partial charge in [-0.15, -0.1) is 6.42 Å². The minimum Gasteiger partial charge on any atom is -0.480 e. The van der Waals surface area contributed by atoms with Gasteiger partial charge >= 0.3 is 0 Å². The molecule has 0 radical (unpaired) electrons. The van der Waals surface area contributed by atoms with E-state index < -0.39 is 5.60 Å². The maximum Gasteiger partial charge on any atom is 0.170 e. The number of rotatable bonds is 3. The highest BCUT2D eigenvalue weighted by Crippen LogP contribution is 2.52. The first kappa shape index (κ1) is 16.0. The van der Waals surface area contributed by atoms with Crippen LogP contribution in [0.3, 0.4) is 0 Å². The molecule has 2 fully saturated rings. The highest BCUT2D eigenvalue weighted by Gasteiger charge is 2.60. The number of ether oxygens (including phenoxy) is 2. The van der Waals surface area contributed by atoms with Gasteiger partial charge in [0.15, 0.2) is 11.8 Å². The summed E-state index contributed by atoms with van der Waals surface area (Å²) >= 11 is 0. The van der Waals surface area contributed by atoms with Crippen molar-refractivity contribution in [3.63, 3.8) is 0 Å². The van der Waals surface area contributed by atoms with Gasteiger partial charge in [-0.3, -0.25) is 10.6 Å². The fourth-order valence-electron chi connectivity index (χ4n) is 4.78. The van der Waals surface area contributed by atoms with Crippen molar-refractivity contribution in [3.8, 4) is 18.1 Å². The largest absolute Gasteiger partial charge is 0.480 e. The number of hydrogen-bond acceptors (Lipinski definition) is 4. The van der Waals surface area contributed by atoms with Crippen molar-refractivity contribution in [1.82, 2.24) is 10.6 Å². The molecule has 0 bridgehead atoms. The quantitative estimate of drug-likeness (QED) is 0.662. The zero-order valence-electron chi connectivity index (χ0n) is 14.1. The van der Waals surface area contributed by atoms with E-state index in [4.69, 9.17) is 15.9 Å². The lowest BCUT2D eigenvalue weighted by Gasteiger charge is -2.49. The van der Waals surface area contributed by atoms with Crippen molar-refractivity contribution in [1.29, 1.82) is 0 Å². The summed E-state index contributed by atoms with van der Waals surface area (Å²) < 4.78 is 12.7. The molecule has 2 heterocycles. The smallest absolute Gasteiger partial charge is 0.170 e. The molecular formula is C20H26N2O2. The minimum atomic E-state index is -0.414. The topological polar surface area (TPSA) is 42.5 Å². The van der Waals surface area contributed by atoms with E-state index in [1.54, 1.807) is 0 Å². The fourth-order valence-corrected chi connectivity index (χ4v) is 4.78. The van der Waals surface area contributed by atoms with Gasteiger partial charge in [0.25, 0.3) is 0 Å². The maximum atomic E-state index is 6.68. The van der Waals surface area contributed by atoms with Gasteiger partial charge in [-0.25, -0.2) is 0 Å². The third kappa shape index (κ3) is 2.52. The van der Waals surface area contributed by atoms with E-state index in [9.17, 15) is 0 Å². The standard InChI is InChI=1S/C20H26N2O2/c1-2-13-23-19-20(15-9-5-3-4-6-10-15)18(21-14-22-19)16-11-7-8-12-17(16)24-20/h1,7-8,11-12,15,18-19,21-22H,3-6,9-10,13-14H2. The van der Waals surface area contributed by atoms with Gasteiger partial charge in [0, 0.05) is 18.2 Å². The van der Waals surface area contributed by atoms with Crippen molar-refractivity contribution in [2.45, 2.75) is 56.4 Å². The molecule has 3 aliphatic rings. The molecule has 1 aromatic carbocycles. The van der Waals surface area contributed by atoms with Crippen molar-refractivity contribution in [2.24, 2.45) is 5.92 Å². The molecule has 0 aromatic heterocycles. The Bertz CT molecular complexity index is 618. The highest BCUT2D eigenvalue weighted by molar-refractivity contribution is 5.44. The number of nitrogens with one attached hydrogen (secondary N) is 2. The van der Waals surface area contributed by atoms with Crippen molar-refractivity contribution >= 4 is 0 Å². The average molecular weight is 326 g/mol. The zero-order chi connectivity index (χ0) is 16.4. The molecule has 4 rings (SSSR count). The first-order valence-corrected chi connectivity index (χ1v) is 9.16. The van der Waals surface area contributed by atoms with Gasteiger partial charge in [-0.05, 0) is 18.9 Å². The number of benzene rings is 1. The van der Waals surface area contributed by atoms with E-state index in [2.05, 4.69) is 34.8 Å². The van der Waals surface area contributed by atoms with Gasteiger partial charge in [0.1, 0.15) is 12.4 Å². The monoisotopic (exact) mass is 326 g/mol. The van der Waals surface area contributed by atoms with Crippen LogP contribution in [-0.4, -0.2) is 25.1 Å². The Kier molecular flexibility index (Phi) is 4.49. The summed E-state index contributed by atoms with van der Waals surface area (Å²) in [5, 5.41) is 7.10. The molecule has 3 atom stereocenters. The number of terminal acetylenes is 1. The van der Waals surface area contributed by atoms with Crippen molar-refractivity contribution in [2.75, 3.05) is 13.3 Å². The van der Waals surface area contributed by atoms with E-state index >= 15 is 0 Å². The Morgan fingerprint density at radius 1 is 1.17 bits per heavy atom. The third-order valence-electron chi connectivity index (χ3n) is 5.80. The lowest BCUT2D eigenvalue weighted by molar-refractivity contribution is -0.157. The molecule has 3 unspecified atom stereocenters. The minimum absolute atomic E-state index is 0.154. The maximum absolute atomic E-state index is 6.68. The predicted molar refractivity (Wildman–Crippen MR) is 93.4 cm³/mol. The second-order valence-corrected chi connectivity index (χ2v) is 7.10. The third-order valence-corrected chi connectivity index (χ3v) is 5.80. The molecule has 4 nitrogen and oxygen atoms in total. The lowest BCUT2D eigenvalue weighted by Crippen LogP contribution is -2.69. The summed E-state index contributed by atoms with van der Waals surface area (Å²) in [4.78, 5) is 0. The fraction of sp³-hybridized carbons (Fsp3) is 0.600. The molecule has 2 aliphatic heterocycles. The van der Waals surface area contributed by atoms with Gasteiger partial charge in [0.2, 0.25) is 0 Å². The summed E-state index contributed by atoms with van der Waals surface area (Å²) in [5.74, 6) is 4.05. The highest BCUT2D eigenvalue weighted by atomic mass is 16.6.